The number of hydrogen-bond acceptors (Lipinski definition) is 2. The van der Waals surface area contributed by atoms with Gasteiger partial charge in [0.05, 0.1) is 5.69 Å². The van der Waals surface area contributed by atoms with Crippen LogP contribution in [0, 0.1) is 6.92 Å². The van der Waals surface area contributed by atoms with Gasteiger partial charge in [0.25, 0.3) is 5.91 Å². The zero-order valence-electron chi connectivity index (χ0n) is 12.3. The van der Waals surface area contributed by atoms with Gasteiger partial charge in [-0.1, -0.05) is 13.8 Å². The van der Waals surface area contributed by atoms with Gasteiger partial charge in [-0.05, 0) is 32.8 Å². The van der Waals surface area contributed by atoms with Crippen LogP contribution in [0.2, 0.25) is 0 Å². The largest absolute Gasteiger partial charge is 0.333 e. The van der Waals surface area contributed by atoms with Crippen molar-refractivity contribution in [1.82, 2.24) is 14.7 Å². The summed E-state index contributed by atoms with van der Waals surface area (Å²) in [4.78, 5) is 14.6. The van der Waals surface area contributed by atoms with Crippen LogP contribution in [0.1, 0.15) is 49.8 Å². The predicted octanol–water partition coefficient (Wildman–Crippen LogP) is 3.08. The molecule has 0 N–H and O–H groups in total. The second-order valence-corrected chi connectivity index (χ2v) is 5.02. The molecule has 0 atom stereocenters. The normalized spacial score (nSPS) is 11.1. The molecule has 0 aliphatic heterocycles. The molecule has 1 aromatic heterocycles. The van der Waals surface area contributed by atoms with Gasteiger partial charge in [-0.15, -0.1) is 11.6 Å². The number of halogens is 1. The van der Waals surface area contributed by atoms with Crippen molar-refractivity contribution in [2.24, 2.45) is 0 Å². The molecule has 0 saturated carbocycles. The fourth-order valence-corrected chi connectivity index (χ4v) is 2.56. The van der Waals surface area contributed by atoms with Crippen LogP contribution in [0.3, 0.4) is 0 Å². The van der Waals surface area contributed by atoms with Crippen LogP contribution in [-0.4, -0.2) is 39.1 Å². The number of nitrogens with zero attached hydrogens (tertiary/aromatic N) is 3. The fraction of sp³-hybridized carbons (Fsp3) is 0.714. The van der Waals surface area contributed by atoms with Crippen LogP contribution in [0.25, 0.3) is 0 Å². The average Bonchev–Trinajstić information content (AvgIpc) is 2.79. The van der Waals surface area contributed by atoms with Crippen LogP contribution in [0.4, 0.5) is 0 Å². The lowest BCUT2D eigenvalue weighted by atomic mass is 10.1. The van der Waals surface area contributed by atoms with Crippen molar-refractivity contribution in [2.45, 2.75) is 53.1 Å². The van der Waals surface area contributed by atoms with Gasteiger partial charge in [0.15, 0.2) is 0 Å². The number of alkyl halides is 1. The summed E-state index contributed by atoms with van der Waals surface area (Å²) >= 11 is 5.85. The summed E-state index contributed by atoms with van der Waals surface area (Å²) in [6.45, 7) is 9.39. The summed E-state index contributed by atoms with van der Waals surface area (Å²) in [6.07, 6.45) is 1.89. The van der Waals surface area contributed by atoms with Crippen molar-refractivity contribution >= 4 is 17.5 Å². The van der Waals surface area contributed by atoms with Gasteiger partial charge in [0.1, 0.15) is 5.69 Å². The number of carbonyl (C=O) groups is 1. The molecule has 0 aliphatic carbocycles. The van der Waals surface area contributed by atoms with Crippen molar-refractivity contribution in [3.05, 3.63) is 17.5 Å². The van der Waals surface area contributed by atoms with E-state index in [-0.39, 0.29) is 11.9 Å². The Kier molecular flexibility index (Phi) is 6.35. The Hall–Kier alpha value is -1.03. The molecular weight excluding hydrogens is 262 g/mol. The molecule has 0 bridgehead atoms. The third-order valence-corrected chi connectivity index (χ3v) is 3.56. The van der Waals surface area contributed by atoms with E-state index in [2.05, 4.69) is 18.9 Å². The Morgan fingerprint density at radius 1 is 1.42 bits per heavy atom. The van der Waals surface area contributed by atoms with Crippen LogP contribution in [0.15, 0.2) is 6.07 Å². The molecule has 4 nitrogen and oxygen atoms in total. The second kappa shape index (κ2) is 7.53. The molecule has 19 heavy (non-hydrogen) atoms. The fourth-order valence-electron chi connectivity index (χ4n) is 2.38. The molecular formula is C14H24ClN3O. The molecule has 108 valence electrons. The number of hydrogen-bond donors (Lipinski definition) is 0. The highest BCUT2D eigenvalue weighted by Gasteiger charge is 2.24. The maximum Gasteiger partial charge on any atom is 0.272 e. The summed E-state index contributed by atoms with van der Waals surface area (Å²) < 4.78 is 1.77. The minimum Gasteiger partial charge on any atom is -0.333 e. The number of amides is 1. The molecule has 1 rings (SSSR count). The minimum atomic E-state index is 0.0387. The van der Waals surface area contributed by atoms with Gasteiger partial charge in [-0.3, -0.25) is 9.48 Å². The van der Waals surface area contributed by atoms with Gasteiger partial charge in [0.2, 0.25) is 0 Å². The van der Waals surface area contributed by atoms with Crippen molar-refractivity contribution in [1.29, 1.82) is 0 Å². The molecule has 5 heteroatoms. The zero-order chi connectivity index (χ0) is 14.4. The second-order valence-electron chi connectivity index (χ2n) is 4.64. The standard InChI is InChI=1S/C14H24ClN3O/c1-5-12(6-2)17(9-8-15)14(19)13-10-11(4)16-18(13)7-3/h10,12H,5-9H2,1-4H3. The molecule has 0 aromatic carbocycles. The Morgan fingerprint density at radius 3 is 2.53 bits per heavy atom. The Balaban J connectivity index is 3.04. The molecule has 1 heterocycles. The van der Waals surface area contributed by atoms with Gasteiger partial charge in [0, 0.05) is 25.0 Å². The minimum absolute atomic E-state index is 0.0387. The van der Waals surface area contributed by atoms with E-state index in [1.54, 1.807) is 4.68 Å². The van der Waals surface area contributed by atoms with E-state index < -0.39 is 0 Å². The third kappa shape index (κ3) is 3.72. The van der Waals surface area contributed by atoms with E-state index in [4.69, 9.17) is 11.6 Å². The van der Waals surface area contributed by atoms with E-state index in [0.717, 1.165) is 18.5 Å². The Bertz CT molecular complexity index is 413. The van der Waals surface area contributed by atoms with Crippen LogP contribution in [-0.2, 0) is 6.54 Å². The molecule has 0 spiro atoms. The predicted molar refractivity (Wildman–Crippen MR) is 78.8 cm³/mol. The lowest BCUT2D eigenvalue weighted by molar-refractivity contribution is 0.0669. The number of aryl methyl sites for hydroxylation is 2. The smallest absolute Gasteiger partial charge is 0.272 e. The molecule has 0 fully saturated rings. The number of aromatic nitrogens is 2. The summed E-state index contributed by atoms with van der Waals surface area (Å²) in [5.41, 5.74) is 1.54. The van der Waals surface area contributed by atoms with Gasteiger partial charge < -0.3 is 4.90 Å². The van der Waals surface area contributed by atoms with E-state index in [1.165, 1.54) is 0 Å². The average molecular weight is 286 g/mol. The zero-order valence-corrected chi connectivity index (χ0v) is 13.1. The van der Waals surface area contributed by atoms with Crippen molar-refractivity contribution in [3.63, 3.8) is 0 Å². The first kappa shape index (κ1) is 16.0. The Morgan fingerprint density at radius 2 is 2.05 bits per heavy atom. The SMILES string of the molecule is CCC(CC)N(CCCl)C(=O)c1cc(C)nn1CC. The van der Waals surface area contributed by atoms with Gasteiger partial charge in [-0.2, -0.15) is 5.10 Å². The summed E-state index contributed by atoms with van der Waals surface area (Å²) in [7, 11) is 0. The lowest BCUT2D eigenvalue weighted by Crippen LogP contribution is -2.41. The highest BCUT2D eigenvalue weighted by molar-refractivity contribution is 6.18. The van der Waals surface area contributed by atoms with Crippen molar-refractivity contribution < 1.29 is 4.79 Å². The van der Waals surface area contributed by atoms with Gasteiger partial charge in [-0.25, -0.2) is 0 Å². The molecule has 0 saturated heterocycles. The summed E-state index contributed by atoms with van der Waals surface area (Å²) in [5.74, 6) is 0.499. The van der Waals surface area contributed by atoms with Crippen LogP contribution >= 0.6 is 11.6 Å². The van der Waals surface area contributed by atoms with Crippen LogP contribution < -0.4 is 0 Å². The first-order valence-corrected chi connectivity index (χ1v) is 7.53. The molecule has 1 aromatic rings. The molecule has 0 aliphatic rings. The molecule has 0 radical (unpaired) electrons. The monoisotopic (exact) mass is 285 g/mol. The summed E-state index contributed by atoms with van der Waals surface area (Å²) in [5, 5.41) is 4.34. The maximum absolute atomic E-state index is 12.7. The topological polar surface area (TPSA) is 38.1 Å². The first-order valence-electron chi connectivity index (χ1n) is 7.00. The number of carbonyl (C=O) groups excluding carboxylic acids is 1. The summed E-state index contributed by atoms with van der Waals surface area (Å²) in [6, 6.07) is 2.10. The van der Waals surface area contributed by atoms with E-state index >= 15 is 0 Å². The van der Waals surface area contributed by atoms with Gasteiger partial charge >= 0.3 is 0 Å². The quantitative estimate of drug-likeness (QED) is 0.722. The van der Waals surface area contributed by atoms with E-state index in [1.807, 2.05) is 24.8 Å². The van der Waals surface area contributed by atoms with Crippen LogP contribution in [0.5, 0.6) is 0 Å². The highest BCUT2D eigenvalue weighted by Crippen LogP contribution is 2.15. The Labute approximate surface area is 120 Å². The first-order chi connectivity index (χ1) is 9.08. The van der Waals surface area contributed by atoms with Crippen molar-refractivity contribution in [2.75, 3.05) is 12.4 Å². The molecule has 1 amide bonds. The number of rotatable bonds is 7. The maximum atomic E-state index is 12.7. The molecule has 0 unspecified atom stereocenters. The lowest BCUT2D eigenvalue weighted by Gasteiger charge is -2.30. The third-order valence-electron chi connectivity index (χ3n) is 3.39. The highest BCUT2D eigenvalue weighted by atomic mass is 35.5. The van der Waals surface area contributed by atoms with E-state index in [0.29, 0.717) is 24.7 Å². The van der Waals surface area contributed by atoms with Crippen molar-refractivity contribution in [3.8, 4) is 0 Å². The van der Waals surface area contributed by atoms with E-state index in [9.17, 15) is 4.79 Å².